The summed E-state index contributed by atoms with van der Waals surface area (Å²) < 4.78 is 0. The lowest BCUT2D eigenvalue weighted by Gasteiger charge is -2.29. The molecule has 0 fully saturated rings. The summed E-state index contributed by atoms with van der Waals surface area (Å²) in [6, 6.07) is 86.4. The fourth-order valence-electron chi connectivity index (χ4n) is 9.69. The molecule has 0 heterocycles. The van der Waals surface area contributed by atoms with Crippen molar-refractivity contribution in [3.63, 3.8) is 0 Å². The fraction of sp³-hybridized carbons (Fsp3) is 0.0645. The van der Waals surface area contributed by atoms with Gasteiger partial charge in [-0.05, 0) is 158 Å². The van der Waals surface area contributed by atoms with Crippen LogP contribution in [-0.4, -0.2) is 0 Å². The molecule has 306 valence electrons. The van der Waals surface area contributed by atoms with Crippen LogP contribution < -0.4 is 9.80 Å². The van der Waals surface area contributed by atoms with Gasteiger partial charge >= 0.3 is 0 Å². The number of anilines is 6. The van der Waals surface area contributed by atoms with E-state index in [1.807, 2.05) is 0 Å². The number of para-hydroxylation sites is 1. The standard InChI is InChI=1S/C62H48N2/c1-43-13-12-20-55(39-43)64(54-33-29-49(30-34-54)51-26-25-45-16-10-11-17-50(45)40-51)57-36-38-59-58-37-35-56(41-60(58)62(2,3)61(59)42-57)63(52-18-8-5-9-19-52)53-31-27-48(28-32-53)47-23-21-46(22-24-47)44-14-6-4-7-15-44/h4-42H,1-3H3. The molecule has 0 radical (unpaired) electrons. The van der Waals surface area contributed by atoms with Gasteiger partial charge in [0, 0.05) is 39.5 Å². The molecule has 2 heteroatoms. The van der Waals surface area contributed by atoms with Crippen molar-refractivity contribution in [2.24, 2.45) is 0 Å². The van der Waals surface area contributed by atoms with Crippen molar-refractivity contribution in [1.29, 1.82) is 0 Å². The zero-order valence-electron chi connectivity index (χ0n) is 36.4. The molecule has 64 heavy (non-hydrogen) atoms. The number of nitrogens with zero attached hydrogens (tertiary/aromatic N) is 2. The smallest absolute Gasteiger partial charge is 0.0465 e. The van der Waals surface area contributed by atoms with Crippen molar-refractivity contribution in [3.05, 3.63) is 253 Å². The maximum Gasteiger partial charge on any atom is 0.0465 e. The van der Waals surface area contributed by atoms with E-state index in [0.717, 1.165) is 34.1 Å². The first-order valence-electron chi connectivity index (χ1n) is 22.2. The minimum absolute atomic E-state index is 0.243. The van der Waals surface area contributed by atoms with Gasteiger partial charge in [-0.15, -0.1) is 0 Å². The van der Waals surface area contributed by atoms with Crippen LogP contribution in [0.3, 0.4) is 0 Å². The minimum atomic E-state index is -0.243. The van der Waals surface area contributed by atoms with E-state index < -0.39 is 0 Å². The van der Waals surface area contributed by atoms with Crippen LogP contribution in [0.1, 0.15) is 30.5 Å². The second kappa shape index (κ2) is 16.1. The molecule has 0 amide bonds. The molecule has 1 aliphatic rings. The molecule has 0 atom stereocenters. The quantitative estimate of drug-likeness (QED) is 0.143. The van der Waals surface area contributed by atoms with E-state index in [-0.39, 0.29) is 5.41 Å². The van der Waals surface area contributed by atoms with Crippen LogP contribution in [0, 0.1) is 6.92 Å². The van der Waals surface area contributed by atoms with Crippen LogP contribution in [-0.2, 0) is 5.41 Å². The van der Waals surface area contributed by atoms with E-state index in [0.29, 0.717) is 0 Å². The van der Waals surface area contributed by atoms with Gasteiger partial charge in [0.2, 0.25) is 0 Å². The molecule has 10 aromatic carbocycles. The highest BCUT2D eigenvalue weighted by Gasteiger charge is 2.37. The van der Waals surface area contributed by atoms with Gasteiger partial charge in [-0.1, -0.05) is 172 Å². The fourth-order valence-corrected chi connectivity index (χ4v) is 9.69. The summed E-state index contributed by atoms with van der Waals surface area (Å²) in [5.41, 5.74) is 20.3. The topological polar surface area (TPSA) is 6.48 Å². The Bertz CT molecular complexity index is 3280. The average molecular weight is 821 g/mol. The van der Waals surface area contributed by atoms with E-state index in [1.54, 1.807) is 0 Å². The van der Waals surface area contributed by atoms with Crippen molar-refractivity contribution in [2.75, 3.05) is 9.80 Å². The Morgan fingerprint density at radius 1 is 0.281 bits per heavy atom. The Morgan fingerprint density at radius 2 is 0.672 bits per heavy atom. The summed E-state index contributed by atoms with van der Waals surface area (Å²) in [5, 5.41) is 2.51. The van der Waals surface area contributed by atoms with Gasteiger partial charge in [0.25, 0.3) is 0 Å². The third-order valence-corrected chi connectivity index (χ3v) is 13.1. The largest absolute Gasteiger partial charge is 0.310 e. The molecule has 0 bridgehead atoms. The number of aryl methyl sites for hydroxylation is 1. The molecule has 0 aromatic heterocycles. The molecule has 0 saturated carbocycles. The molecule has 11 rings (SSSR count). The second-order valence-electron chi connectivity index (χ2n) is 17.5. The van der Waals surface area contributed by atoms with Crippen molar-refractivity contribution < 1.29 is 0 Å². The van der Waals surface area contributed by atoms with E-state index in [2.05, 4.69) is 267 Å². The molecule has 1 aliphatic carbocycles. The number of rotatable bonds is 9. The predicted octanol–water partition coefficient (Wildman–Crippen LogP) is 17.4. The van der Waals surface area contributed by atoms with Crippen LogP contribution in [0.15, 0.2) is 237 Å². The lowest BCUT2D eigenvalue weighted by atomic mass is 9.82. The molecule has 2 nitrogen and oxygen atoms in total. The lowest BCUT2D eigenvalue weighted by molar-refractivity contribution is 0.660. The second-order valence-corrected chi connectivity index (χ2v) is 17.5. The normalized spacial score (nSPS) is 12.4. The number of benzene rings is 10. The Kier molecular flexibility index (Phi) is 9.78. The third kappa shape index (κ3) is 7.13. The van der Waals surface area contributed by atoms with Gasteiger partial charge in [-0.25, -0.2) is 0 Å². The molecule has 10 aromatic rings. The Labute approximate surface area is 377 Å². The maximum atomic E-state index is 2.43. The molecule has 0 N–H and O–H groups in total. The van der Waals surface area contributed by atoms with E-state index in [4.69, 9.17) is 0 Å². The Morgan fingerprint density at radius 3 is 1.23 bits per heavy atom. The molecule has 0 saturated heterocycles. The maximum absolute atomic E-state index is 2.43. The molecular weight excluding hydrogens is 773 g/mol. The summed E-state index contributed by atoms with van der Waals surface area (Å²) in [6.07, 6.45) is 0. The van der Waals surface area contributed by atoms with E-state index in [1.165, 1.54) is 72.0 Å². The average Bonchev–Trinajstić information content (AvgIpc) is 3.57. The SMILES string of the molecule is Cc1cccc(N(c2ccc(-c3ccc4ccccc4c3)cc2)c2ccc3c(c2)C(C)(C)c2cc(N(c4ccccc4)c4ccc(-c5ccc(-c6ccccc6)cc5)cc4)ccc2-3)c1. The summed E-state index contributed by atoms with van der Waals surface area (Å²) in [4.78, 5) is 4.79. The zero-order valence-corrected chi connectivity index (χ0v) is 36.4. The van der Waals surface area contributed by atoms with Crippen molar-refractivity contribution >= 4 is 44.9 Å². The van der Waals surface area contributed by atoms with Crippen molar-refractivity contribution in [2.45, 2.75) is 26.2 Å². The Balaban J connectivity index is 0.929. The third-order valence-electron chi connectivity index (χ3n) is 13.1. The molecule has 0 spiro atoms. The summed E-state index contributed by atoms with van der Waals surface area (Å²) in [5.74, 6) is 0. The van der Waals surface area contributed by atoms with Gasteiger partial charge in [0.1, 0.15) is 0 Å². The first-order valence-corrected chi connectivity index (χ1v) is 22.2. The number of hydrogen-bond acceptors (Lipinski definition) is 2. The van der Waals surface area contributed by atoms with Crippen LogP contribution in [0.2, 0.25) is 0 Å². The van der Waals surface area contributed by atoms with Crippen molar-refractivity contribution in [3.8, 4) is 44.5 Å². The lowest BCUT2D eigenvalue weighted by Crippen LogP contribution is -2.17. The van der Waals surface area contributed by atoms with Gasteiger partial charge in [-0.3, -0.25) is 0 Å². The summed E-state index contributed by atoms with van der Waals surface area (Å²) in [7, 11) is 0. The minimum Gasteiger partial charge on any atom is -0.310 e. The molecule has 0 aliphatic heterocycles. The van der Waals surface area contributed by atoms with Crippen molar-refractivity contribution in [1.82, 2.24) is 0 Å². The van der Waals surface area contributed by atoms with Crippen LogP contribution in [0.25, 0.3) is 55.3 Å². The zero-order chi connectivity index (χ0) is 43.2. The van der Waals surface area contributed by atoms with Crippen LogP contribution >= 0.6 is 0 Å². The number of fused-ring (bicyclic) bond motifs is 4. The predicted molar refractivity (Wildman–Crippen MR) is 272 cm³/mol. The number of hydrogen-bond donors (Lipinski definition) is 0. The first kappa shape index (κ1) is 38.9. The monoisotopic (exact) mass is 820 g/mol. The van der Waals surface area contributed by atoms with E-state index in [9.17, 15) is 0 Å². The highest BCUT2D eigenvalue weighted by Crippen LogP contribution is 2.52. The highest BCUT2D eigenvalue weighted by atomic mass is 15.1. The van der Waals surface area contributed by atoms with Gasteiger partial charge < -0.3 is 9.80 Å². The summed E-state index contributed by atoms with van der Waals surface area (Å²) >= 11 is 0. The summed E-state index contributed by atoms with van der Waals surface area (Å²) in [6.45, 7) is 6.93. The van der Waals surface area contributed by atoms with Gasteiger partial charge in [-0.2, -0.15) is 0 Å². The first-order chi connectivity index (χ1) is 31.4. The Hall–Kier alpha value is -7.94. The highest BCUT2D eigenvalue weighted by molar-refractivity contribution is 5.90. The van der Waals surface area contributed by atoms with Crippen LogP contribution in [0.5, 0.6) is 0 Å². The van der Waals surface area contributed by atoms with Gasteiger partial charge in [0.05, 0.1) is 0 Å². The van der Waals surface area contributed by atoms with Crippen LogP contribution in [0.4, 0.5) is 34.1 Å². The molecule has 0 unspecified atom stereocenters. The molecular formula is C62H48N2. The van der Waals surface area contributed by atoms with Gasteiger partial charge in [0.15, 0.2) is 0 Å². The van der Waals surface area contributed by atoms with E-state index >= 15 is 0 Å².